The molecule has 19 heavy (non-hydrogen) atoms. The Balaban J connectivity index is 2.15. The molecule has 1 aliphatic rings. The van der Waals surface area contributed by atoms with Crippen molar-refractivity contribution in [3.63, 3.8) is 0 Å². The van der Waals surface area contributed by atoms with Gasteiger partial charge < -0.3 is 15.0 Å². The fraction of sp³-hybridized carbons (Fsp3) is 0.500. The molecule has 104 valence electrons. The molecule has 1 saturated heterocycles. The number of hydrogen-bond donors (Lipinski definition) is 1. The number of amides is 1. The molecule has 1 aromatic rings. The van der Waals surface area contributed by atoms with E-state index in [0.29, 0.717) is 5.75 Å². The van der Waals surface area contributed by atoms with Gasteiger partial charge in [-0.05, 0) is 13.0 Å². The normalized spacial score (nSPS) is 18.9. The smallest absolute Gasteiger partial charge is 0.234 e. The molecule has 1 amide bonds. The lowest BCUT2D eigenvalue weighted by molar-refractivity contribution is -0.651. The zero-order valence-electron chi connectivity index (χ0n) is 11.5. The van der Waals surface area contributed by atoms with Crippen LogP contribution in [0.15, 0.2) is 24.3 Å². The maximum Gasteiger partial charge on any atom is 0.234 e. The van der Waals surface area contributed by atoms with Gasteiger partial charge in [0, 0.05) is 5.56 Å². The first-order chi connectivity index (χ1) is 9.27. The molecule has 0 aliphatic carbocycles. The molecule has 0 unspecified atom stereocenters. The summed E-state index contributed by atoms with van der Waals surface area (Å²) in [6.07, 6.45) is 0. The number of rotatable bonds is 6. The van der Waals surface area contributed by atoms with Crippen LogP contribution in [0.25, 0.3) is 0 Å². The van der Waals surface area contributed by atoms with Gasteiger partial charge in [-0.2, -0.15) is 0 Å². The van der Waals surface area contributed by atoms with Crippen molar-refractivity contribution < 1.29 is 14.8 Å². The highest BCUT2D eigenvalue weighted by molar-refractivity contribution is 8.00. The summed E-state index contributed by atoms with van der Waals surface area (Å²) in [6, 6.07) is 7.96. The van der Waals surface area contributed by atoms with Crippen LogP contribution in [0.5, 0.6) is 5.75 Å². The molecule has 1 aliphatic heterocycles. The number of methoxy groups -OCH3 is 1. The molecule has 0 spiro atoms. The molecule has 2 N–H and O–H groups in total. The molecule has 0 saturated carbocycles. The van der Waals surface area contributed by atoms with Crippen LogP contribution in [0.1, 0.15) is 17.9 Å². The lowest BCUT2D eigenvalue weighted by atomic mass is 10.2. The highest BCUT2D eigenvalue weighted by atomic mass is 32.2. The Morgan fingerprint density at radius 2 is 2.26 bits per heavy atom. The van der Waals surface area contributed by atoms with Crippen LogP contribution in [-0.4, -0.2) is 43.3 Å². The van der Waals surface area contributed by atoms with Crippen LogP contribution in [0.3, 0.4) is 0 Å². The van der Waals surface area contributed by atoms with Crippen LogP contribution < -0.4 is 10.1 Å². The first-order valence-electron chi connectivity index (χ1n) is 6.63. The van der Waals surface area contributed by atoms with Gasteiger partial charge in [-0.3, -0.25) is 4.79 Å². The molecule has 1 atom stereocenters. The number of nitrogens with two attached hydrogens (primary N) is 1. The lowest BCUT2D eigenvalue weighted by Crippen LogP contribution is -2.85. The van der Waals surface area contributed by atoms with Crippen molar-refractivity contribution in [1.29, 1.82) is 0 Å². The van der Waals surface area contributed by atoms with Gasteiger partial charge in [-0.25, -0.2) is 0 Å². The monoisotopic (exact) mass is 281 g/mol. The molecule has 0 bridgehead atoms. The van der Waals surface area contributed by atoms with Crippen molar-refractivity contribution in [3.8, 4) is 5.75 Å². The summed E-state index contributed by atoms with van der Waals surface area (Å²) in [6.45, 7) is 4.92. The second kappa shape index (κ2) is 6.82. The highest BCUT2D eigenvalue weighted by Gasteiger charge is 2.34. The predicted molar refractivity (Wildman–Crippen MR) is 77.2 cm³/mol. The molecular weight excluding hydrogens is 260 g/mol. The molecule has 4 nitrogen and oxygen atoms in total. The highest BCUT2D eigenvalue weighted by Crippen LogP contribution is 2.41. The lowest BCUT2D eigenvalue weighted by Gasteiger charge is -2.24. The number of para-hydroxylation sites is 1. The summed E-state index contributed by atoms with van der Waals surface area (Å²) < 4.78 is 5.41. The van der Waals surface area contributed by atoms with Gasteiger partial charge in [0.2, 0.25) is 5.91 Å². The summed E-state index contributed by atoms with van der Waals surface area (Å²) >= 11 is 1.68. The van der Waals surface area contributed by atoms with Gasteiger partial charge in [0.1, 0.15) is 11.1 Å². The minimum Gasteiger partial charge on any atom is -0.496 e. The average molecular weight is 281 g/mol. The van der Waals surface area contributed by atoms with Crippen molar-refractivity contribution in [2.75, 3.05) is 32.5 Å². The standard InChI is InChI=1S/C14H20N2O2S/c1-3-15-8-9-16-13(17)10-19-14(16)11-6-4-5-7-12(11)18-2/h4-7,14-15H,3,8-10H2,1-2H3/p+1/t14-/m0/s1. The molecule has 1 fully saturated rings. The number of nitrogens with zero attached hydrogens (tertiary/aromatic N) is 1. The van der Waals surface area contributed by atoms with Crippen molar-refractivity contribution in [2.24, 2.45) is 0 Å². The third kappa shape index (κ3) is 3.22. The number of likely N-dealkylation sites (N-methyl/N-ethyl adjacent to an activating group) is 1. The van der Waals surface area contributed by atoms with Crippen molar-refractivity contribution >= 4 is 17.7 Å². The summed E-state index contributed by atoms with van der Waals surface area (Å²) in [5.74, 6) is 1.65. The first kappa shape index (κ1) is 14.2. The third-order valence-electron chi connectivity index (χ3n) is 3.24. The summed E-state index contributed by atoms with van der Waals surface area (Å²) in [5, 5.41) is 2.31. The molecule has 0 radical (unpaired) electrons. The quantitative estimate of drug-likeness (QED) is 0.787. The van der Waals surface area contributed by atoms with E-state index < -0.39 is 0 Å². The van der Waals surface area contributed by atoms with Crippen molar-refractivity contribution in [2.45, 2.75) is 12.3 Å². The Bertz CT molecular complexity index is 439. The second-order valence-electron chi connectivity index (χ2n) is 4.48. The van der Waals surface area contributed by atoms with Gasteiger partial charge >= 0.3 is 0 Å². The number of benzene rings is 1. The van der Waals surface area contributed by atoms with Crippen molar-refractivity contribution in [1.82, 2.24) is 4.90 Å². The third-order valence-corrected chi connectivity index (χ3v) is 4.47. The van der Waals surface area contributed by atoms with E-state index in [2.05, 4.69) is 12.2 Å². The van der Waals surface area contributed by atoms with Crippen LogP contribution in [0.2, 0.25) is 0 Å². The maximum absolute atomic E-state index is 12.0. The van der Waals surface area contributed by atoms with E-state index in [1.807, 2.05) is 29.2 Å². The van der Waals surface area contributed by atoms with E-state index in [9.17, 15) is 4.79 Å². The Morgan fingerprint density at radius 1 is 1.47 bits per heavy atom. The van der Waals surface area contributed by atoms with Gasteiger partial charge in [0.15, 0.2) is 0 Å². The van der Waals surface area contributed by atoms with Gasteiger partial charge in [0.05, 0.1) is 32.5 Å². The van der Waals surface area contributed by atoms with Crippen LogP contribution in [0.4, 0.5) is 0 Å². The largest absolute Gasteiger partial charge is 0.496 e. The van der Waals surface area contributed by atoms with Crippen LogP contribution in [-0.2, 0) is 4.79 Å². The fourth-order valence-corrected chi connectivity index (χ4v) is 3.50. The number of ether oxygens (including phenoxy) is 1. The topological polar surface area (TPSA) is 46.2 Å². The minimum absolute atomic E-state index is 0.0916. The fourth-order valence-electron chi connectivity index (χ4n) is 2.26. The molecule has 0 aromatic heterocycles. The summed E-state index contributed by atoms with van der Waals surface area (Å²) in [7, 11) is 1.68. The molecular formula is C14H21N2O2S+. The van der Waals surface area contributed by atoms with Crippen LogP contribution in [0, 0.1) is 0 Å². The number of thioether (sulfide) groups is 1. The maximum atomic E-state index is 12.0. The first-order valence-corrected chi connectivity index (χ1v) is 7.68. The van der Waals surface area contributed by atoms with E-state index in [4.69, 9.17) is 4.74 Å². The number of hydrogen-bond acceptors (Lipinski definition) is 3. The zero-order chi connectivity index (χ0) is 13.7. The molecule has 1 aromatic carbocycles. The predicted octanol–water partition coefficient (Wildman–Crippen LogP) is 0.853. The van der Waals surface area contributed by atoms with E-state index in [1.54, 1.807) is 18.9 Å². The molecule has 2 rings (SSSR count). The Kier molecular flexibility index (Phi) is 5.10. The van der Waals surface area contributed by atoms with E-state index in [1.165, 1.54) is 0 Å². The van der Waals surface area contributed by atoms with E-state index in [0.717, 1.165) is 30.9 Å². The van der Waals surface area contributed by atoms with Gasteiger partial charge in [-0.15, -0.1) is 11.8 Å². The Hall–Kier alpha value is -1.20. The number of carbonyl (C=O) groups is 1. The zero-order valence-corrected chi connectivity index (χ0v) is 12.3. The summed E-state index contributed by atoms with van der Waals surface area (Å²) in [5.41, 5.74) is 1.09. The number of quaternary nitrogens is 1. The average Bonchev–Trinajstić information content (AvgIpc) is 2.80. The Labute approximate surface area is 118 Å². The second-order valence-corrected chi connectivity index (χ2v) is 5.55. The van der Waals surface area contributed by atoms with Crippen LogP contribution >= 0.6 is 11.8 Å². The summed E-state index contributed by atoms with van der Waals surface area (Å²) in [4.78, 5) is 14.0. The SMILES string of the molecule is CC[NH2+]CCN1C(=O)CS[C@H]1c1ccccc1OC. The molecule has 1 heterocycles. The van der Waals surface area contributed by atoms with Crippen molar-refractivity contribution in [3.05, 3.63) is 29.8 Å². The van der Waals surface area contributed by atoms with Gasteiger partial charge in [-0.1, -0.05) is 18.2 Å². The van der Waals surface area contributed by atoms with Gasteiger partial charge in [0.25, 0.3) is 0 Å². The minimum atomic E-state index is 0.0916. The van der Waals surface area contributed by atoms with E-state index >= 15 is 0 Å². The number of carbonyl (C=O) groups excluding carboxylic acids is 1. The Morgan fingerprint density at radius 3 is 3.00 bits per heavy atom. The van der Waals surface area contributed by atoms with E-state index in [-0.39, 0.29) is 11.3 Å². The molecule has 5 heteroatoms.